The lowest BCUT2D eigenvalue weighted by Crippen LogP contribution is -2.36. The molecule has 1 heterocycles. The number of hydrogen-bond acceptors (Lipinski definition) is 8. The second-order valence-corrected chi connectivity index (χ2v) is 10.9. The third-order valence-corrected chi connectivity index (χ3v) is 7.59. The Morgan fingerprint density at radius 1 is 1.05 bits per heavy atom. The van der Waals surface area contributed by atoms with Gasteiger partial charge < -0.3 is 19.5 Å². The number of anilines is 1. The smallest absolute Gasteiger partial charge is 0.339 e. The summed E-state index contributed by atoms with van der Waals surface area (Å²) in [6.45, 7) is 1.33. The minimum Gasteiger partial charge on any atom is -0.493 e. The standard InChI is InChI=1S/C30H25Cl2FN2O7S/c1-3-11-41-29(38)19-14-18(8-9-22(19)32)34-27(36)15-35-28(37)26(43-30(35)39)13-17-7-10-24(40-2)25(12-17)42-16-20-21(31)5-4-6-23(20)33/h4-10,12-14H,3,11,15-16H2,1-2H3,(H,34,36)/b26-13+. The fourth-order valence-electron chi connectivity index (χ4n) is 3.88. The van der Waals surface area contributed by atoms with E-state index in [4.69, 9.17) is 37.4 Å². The van der Waals surface area contributed by atoms with E-state index in [1.807, 2.05) is 6.92 Å². The first kappa shape index (κ1) is 31.9. The van der Waals surface area contributed by atoms with Crippen molar-refractivity contribution in [2.75, 3.05) is 25.6 Å². The van der Waals surface area contributed by atoms with Crippen LogP contribution in [0.5, 0.6) is 11.5 Å². The van der Waals surface area contributed by atoms with Gasteiger partial charge in [0.25, 0.3) is 11.1 Å². The summed E-state index contributed by atoms with van der Waals surface area (Å²) in [6.07, 6.45) is 2.10. The summed E-state index contributed by atoms with van der Waals surface area (Å²) in [5, 5.41) is 2.29. The Bertz CT molecular complexity index is 1600. The van der Waals surface area contributed by atoms with E-state index in [1.54, 1.807) is 24.3 Å². The Kier molecular flexibility index (Phi) is 10.7. The van der Waals surface area contributed by atoms with Gasteiger partial charge in [0.15, 0.2) is 11.5 Å². The molecule has 1 fully saturated rings. The molecule has 0 aliphatic carbocycles. The van der Waals surface area contributed by atoms with Crippen LogP contribution in [-0.2, 0) is 20.9 Å². The summed E-state index contributed by atoms with van der Waals surface area (Å²) < 4.78 is 30.4. The minimum atomic E-state index is -0.665. The van der Waals surface area contributed by atoms with Gasteiger partial charge in [0, 0.05) is 11.3 Å². The molecule has 3 aromatic rings. The third-order valence-electron chi connectivity index (χ3n) is 6.00. The number of imide groups is 1. The predicted octanol–water partition coefficient (Wildman–Crippen LogP) is 6.96. The van der Waals surface area contributed by atoms with Gasteiger partial charge in [0.2, 0.25) is 5.91 Å². The van der Waals surface area contributed by atoms with Crippen molar-refractivity contribution in [3.63, 3.8) is 0 Å². The summed E-state index contributed by atoms with van der Waals surface area (Å²) >= 11 is 12.9. The summed E-state index contributed by atoms with van der Waals surface area (Å²) in [5.74, 6) is -1.87. The highest BCUT2D eigenvalue weighted by molar-refractivity contribution is 8.18. The highest BCUT2D eigenvalue weighted by Gasteiger charge is 2.36. The first-order valence-corrected chi connectivity index (χ1v) is 14.4. The van der Waals surface area contributed by atoms with Crippen LogP contribution in [0.2, 0.25) is 10.0 Å². The van der Waals surface area contributed by atoms with Crippen molar-refractivity contribution in [1.82, 2.24) is 4.90 Å². The average molecular weight is 648 g/mol. The SMILES string of the molecule is CCCOC(=O)c1cc(NC(=O)CN2C(=O)S/C(=C/c3ccc(OC)c(OCc4c(F)cccc4Cl)c3)C2=O)ccc1Cl. The second kappa shape index (κ2) is 14.4. The van der Waals surface area contributed by atoms with Gasteiger partial charge in [-0.15, -0.1) is 0 Å². The van der Waals surface area contributed by atoms with Crippen LogP contribution in [0.4, 0.5) is 14.9 Å². The number of hydrogen-bond donors (Lipinski definition) is 1. The molecular weight excluding hydrogens is 622 g/mol. The summed E-state index contributed by atoms with van der Waals surface area (Å²) in [4.78, 5) is 51.5. The number of benzene rings is 3. The number of rotatable bonds is 11. The maximum Gasteiger partial charge on any atom is 0.339 e. The number of amides is 3. The molecule has 0 radical (unpaired) electrons. The quantitative estimate of drug-likeness (QED) is 0.176. The lowest BCUT2D eigenvalue weighted by Gasteiger charge is -2.14. The summed E-state index contributed by atoms with van der Waals surface area (Å²) in [7, 11) is 1.44. The largest absolute Gasteiger partial charge is 0.493 e. The monoisotopic (exact) mass is 646 g/mol. The number of halogens is 3. The Morgan fingerprint density at radius 2 is 1.84 bits per heavy atom. The van der Waals surface area contributed by atoms with Crippen LogP contribution in [0.3, 0.4) is 0 Å². The number of nitrogens with zero attached hydrogens (tertiary/aromatic N) is 1. The van der Waals surface area contributed by atoms with Crippen molar-refractivity contribution in [3.05, 3.63) is 92.1 Å². The molecule has 1 saturated heterocycles. The van der Waals surface area contributed by atoms with Crippen molar-refractivity contribution in [2.45, 2.75) is 20.0 Å². The van der Waals surface area contributed by atoms with Crippen LogP contribution in [0.15, 0.2) is 59.5 Å². The van der Waals surface area contributed by atoms with Gasteiger partial charge in [-0.1, -0.05) is 42.3 Å². The van der Waals surface area contributed by atoms with E-state index in [0.29, 0.717) is 29.5 Å². The molecule has 9 nitrogen and oxygen atoms in total. The highest BCUT2D eigenvalue weighted by Crippen LogP contribution is 2.35. The van der Waals surface area contributed by atoms with Crippen LogP contribution in [0.1, 0.15) is 34.8 Å². The number of ether oxygens (including phenoxy) is 3. The predicted molar refractivity (Wildman–Crippen MR) is 162 cm³/mol. The topological polar surface area (TPSA) is 111 Å². The number of thioether (sulfide) groups is 1. The Hall–Kier alpha value is -4.06. The fourth-order valence-corrected chi connectivity index (χ4v) is 5.13. The average Bonchev–Trinajstić information content (AvgIpc) is 3.23. The van der Waals surface area contributed by atoms with Gasteiger partial charge in [0.1, 0.15) is 19.0 Å². The molecule has 0 saturated carbocycles. The van der Waals surface area contributed by atoms with Crippen molar-refractivity contribution >= 4 is 69.8 Å². The van der Waals surface area contributed by atoms with Crippen molar-refractivity contribution < 1.29 is 37.8 Å². The second-order valence-electron chi connectivity index (χ2n) is 9.05. The fraction of sp³-hybridized carbons (Fsp3) is 0.200. The zero-order valence-corrected chi connectivity index (χ0v) is 25.3. The molecular formula is C30H25Cl2FN2O7S. The van der Waals surface area contributed by atoms with E-state index in [1.165, 1.54) is 43.5 Å². The molecule has 0 aromatic heterocycles. The molecule has 1 aliphatic heterocycles. The van der Waals surface area contributed by atoms with Crippen LogP contribution in [-0.4, -0.2) is 48.2 Å². The van der Waals surface area contributed by atoms with Crippen LogP contribution in [0, 0.1) is 5.82 Å². The number of carbonyl (C=O) groups is 4. The van der Waals surface area contributed by atoms with Crippen LogP contribution < -0.4 is 14.8 Å². The van der Waals surface area contributed by atoms with Crippen molar-refractivity contribution in [1.29, 1.82) is 0 Å². The van der Waals surface area contributed by atoms with E-state index >= 15 is 0 Å². The number of carbonyl (C=O) groups excluding carboxylic acids is 4. The Morgan fingerprint density at radius 3 is 2.56 bits per heavy atom. The maximum atomic E-state index is 14.2. The van der Waals surface area contributed by atoms with Gasteiger partial charge in [-0.25, -0.2) is 9.18 Å². The Labute approximate surface area is 260 Å². The van der Waals surface area contributed by atoms with Crippen LogP contribution >= 0.6 is 35.0 Å². The maximum absolute atomic E-state index is 14.2. The molecule has 3 amide bonds. The van der Waals surface area contributed by atoms with Crippen molar-refractivity contribution in [2.24, 2.45) is 0 Å². The molecule has 1 N–H and O–H groups in total. The number of methoxy groups -OCH3 is 1. The third kappa shape index (κ3) is 7.86. The molecule has 13 heteroatoms. The highest BCUT2D eigenvalue weighted by atomic mass is 35.5. The minimum absolute atomic E-state index is 0.0712. The van der Waals surface area contributed by atoms with E-state index < -0.39 is 35.4 Å². The first-order valence-electron chi connectivity index (χ1n) is 12.9. The Balaban J connectivity index is 1.45. The van der Waals surface area contributed by atoms with Gasteiger partial charge in [-0.2, -0.15) is 0 Å². The van der Waals surface area contributed by atoms with Gasteiger partial charge in [0.05, 0.1) is 34.2 Å². The summed E-state index contributed by atoms with van der Waals surface area (Å²) in [5.41, 5.74) is 0.973. The lowest BCUT2D eigenvalue weighted by atomic mass is 10.1. The zero-order valence-electron chi connectivity index (χ0n) is 22.9. The van der Waals surface area contributed by atoms with E-state index in [0.717, 1.165) is 4.90 Å². The molecule has 0 bridgehead atoms. The van der Waals surface area contributed by atoms with E-state index in [2.05, 4.69) is 5.32 Å². The molecule has 0 atom stereocenters. The molecule has 0 spiro atoms. The number of esters is 1. The van der Waals surface area contributed by atoms with E-state index in [9.17, 15) is 23.6 Å². The van der Waals surface area contributed by atoms with Gasteiger partial charge >= 0.3 is 5.97 Å². The molecule has 224 valence electrons. The molecule has 1 aliphatic rings. The van der Waals surface area contributed by atoms with Gasteiger partial charge in [-0.3, -0.25) is 19.3 Å². The zero-order chi connectivity index (χ0) is 31.1. The first-order chi connectivity index (χ1) is 20.6. The molecule has 4 rings (SSSR count). The number of nitrogens with one attached hydrogen (secondary N) is 1. The normalized spacial score (nSPS) is 13.8. The van der Waals surface area contributed by atoms with Gasteiger partial charge in [-0.05, 0) is 72.3 Å². The van der Waals surface area contributed by atoms with E-state index in [-0.39, 0.29) is 50.7 Å². The lowest BCUT2D eigenvalue weighted by molar-refractivity contribution is -0.127. The molecule has 0 unspecified atom stereocenters. The van der Waals surface area contributed by atoms with Crippen molar-refractivity contribution in [3.8, 4) is 11.5 Å². The summed E-state index contributed by atoms with van der Waals surface area (Å²) in [6, 6.07) is 13.4. The molecule has 43 heavy (non-hydrogen) atoms. The molecule has 3 aromatic carbocycles. The van der Waals surface area contributed by atoms with Crippen LogP contribution in [0.25, 0.3) is 6.08 Å².